The molecule has 1 amide bonds. The molecule has 7 nitrogen and oxygen atoms in total. The summed E-state index contributed by atoms with van der Waals surface area (Å²) < 4.78 is 5.59. The zero-order valence-electron chi connectivity index (χ0n) is 16.2. The molecule has 3 N–H and O–H groups in total. The van der Waals surface area contributed by atoms with Crippen LogP contribution in [0.4, 0.5) is 11.4 Å². The molecular weight excluding hydrogens is 420 g/mol. The van der Waals surface area contributed by atoms with Crippen LogP contribution in [-0.2, 0) is 4.79 Å². The summed E-state index contributed by atoms with van der Waals surface area (Å²) in [5.41, 5.74) is 2.18. The average Bonchev–Trinajstić information content (AvgIpc) is 3.38. The van der Waals surface area contributed by atoms with E-state index in [1.54, 1.807) is 18.3 Å². The van der Waals surface area contributed by atoms with Crippen LogP contribution in [0.25, 0.3) is 20.7 Å². The van der Waals surface area contributed by atoms with Gasteiger partial charge in [-0.15, -0.1) is 22.7 Å². The topological polar surface area (TPSA) is 96.1 Å². The highest BCUT2D eigenvalue weighted by molar-refractivity contribution is 7.18. The number of thiophene rings is 2. The number of hydrogen-bond donors (Lipinski definition) is 3. The van der Waals surface area contributed by atoms with Crippen molar-refractivity contribution in [2.75, 3.05) is 10.6 Å². The first-order valence-corrected chi connectivity index (χ1v) is 11.2. The molecule has 0 fully saturated rings. The van der Waals surface area contributed by atoms with E-state index in [-0.39, 0.29) is 17.5 Å². The molecular formula is C21H18N4O3S2. The molecule has 30 heavy (non-hydrogen) atoms. The lowest BCUT2D eigenvalue weighted by Crippen LogP contribution is -2.34. The molecule has 0 saturated heterocycles. The highest BCUT2D eigenvalue weighted by Crippen LogP contribution is 2.35. The Balaban J connectivity index is 1.43. The van der Waals surface area contributed by atoms with Crippen molar-refractivity contribution in [3.05, 3.63) is 57.3 Å². The molecule has 4 heterocycles. The van der Waals surface area contributed by atoms with Crippen molar-refractivity contribution in [1.29, 1.82) is 0 Å². The largest absolute Gasteiger partial charge is 0.479 e. The maximum absolute atomic E-state index is 12.8. The summed E-state index contributed by atoms with van der Waals surface area (Å²) in [5.74, 6) is 1.01. The normalized spacial score (nSPS) is 16.6. The van der Waals surface area contributed by atoms with Crippen LogP contribution in [0.3, 0.4) is 0 Å². The first-order chi connectivity index (χ1) is 14.5. The van der Waals surface area contributed by atoms with Gasteiger partial charge in [0.1, 0.15) is 16.4 Å². The third-order valence-corrected chi connectivity index (χ3v) is 6.73. The molecule has 1 aliphatic rings. The van der Waals surface area contributed by atoms with Gasteiger partial charge >= 0.3 is 0 Å². The van der Waals surface area contributed by atoms with Crippen molar-refractivity contribution in [2.45, 2.75) is 26.0 Å². The SMILES string of the molecule is C[C@H]1Oc2ccc(N[C@H](C)c3nc4scc(-c5cccs5)c4c(=O)[nH]3)cc2NC1=O. The van der Waals surface area contributed by atoms with Gasteiger partial charge in [0.2, 0.25) is 0 Å². The van der Waals surface area contributed by atoms with Crippen LogP contribution in [0.15, 0.2) is 45.9 Å². The van der Waals surface area contributed by atoms with Crippen LogP contribution < -0.4 is 20.9 Å². The van der Waals surface area contributed by atoms with Crippen molar-refractivity contribution < 1.29 is 9.53 Å². The molecule has 0 radical (unpaired) electrons. The molecule has 0 bridgehead atoms. The lowest BCUT2D eigenvalue weighted by Gasteiger charge is -2.24. The van der Waals surface area contributed by atoms with Crippen molar-refractivity contribution in [3.8, 4) is 16.2 Å². The van der Waals surface area contributed by atoms with E-state index >= 15 is 0 Å². The van der Waals surface area contributed by atoms with Crippen molar-refractivity contribution in [3.63, 3.8) is 0 Å². The van der Waals surface area contributed by atoms with E-state index in [1.807, 2.05) is 48.0 Å². The van der Waals surface area contributed by atoms with E-state index < -0.39 is 6.10 Å². The first-order valence-electron chi connectivity index (χ1n) is 9.43. The Kier molecular flexibility index (Phi) is 4.56. The van der Waals surface area contributed by atoms with E-state index in [2.05, 4.69) is 20.6 Å². The van der Waals surface area contributed by atoms with Gasteiger partial charge in [-0.05, 0) is 43.5 Å². The van der Waals surface area contributed by atoms with E-state index in [4.69, 9.17) is 4.74 Å². The highest BCUT2D eigenvalue weighted by atomic mass is 32.1. The second-order valence-electron chi connectivity index (χ2n) is 7.08. The predicted molar refractivity (Wildman–Crippen MR) is 121 cm³/mol. The van der Waals surface area contributed by atoms with Crippen LogP contribution >= 0.6 is 22.7 Å². The number of aromatic nitrogens is 2. The van der Waals surface area contributed by atoms with Gasteiger partial charge in [-0.3, -0.25) is 9.59 Å². The maximum atomic E-state index is 12.8. The monoisotopic (exact) mass is 438 g/mol. The van der Waals surface area contributed by atoms with Gasteiger partial charge in [-0.1, -0.05) is 6.07 Å². The number of benzene rings is 1. The third-order valence-electron chi connectivity index (χ3n) is 4.95. The number of nitrogens with one attached hydrogen (secondary N) is 3. The number of carbonyl (C=O) groups is 1. The average molecular weight is 439 g/mol. The summed E-state index contributed by atoms with van der Waals surface area (Å²) in [4.78, 5) is 34.0. The second kappa shape index (κ2) is 7.26. The minimum atomic E-state index is -0.513. The second-order valence-corrected chi connectivity index (χ2v) is 8.89. The quantitative estimate of drug-likeness (QED) is 0.433. The molecule has 152 valence electrons. The summed E-state index contributed by atoms with van der Waals surface area (Å²) in [6.07, 6.45) is -0.513. The molecule has 3 aromatic heterocycles. The van der Waals surface area contributed by atoms with Gasteiger partial charge in [0.15, 0.2) is 6.10 Å². The molecule has 5 rings (SSSR count). The Hall–Kier alpha value is -3.17. The van der Waals surface area contributed by atoms with Crippen LogP contribution in [0.1, 0.15) is 25.7 Å². The van der Waals surface area contributed by atoms with Crippen molar-refractivity contribution in [2.24, 2.45) is 0 Å². The van der Waals surface area contributed by atoms with Crippen LogP contribution in [0.5, 0.6) is 5.75 Å². The number of rotatable bonds is 4. The zero-order chi connectivity index (χ0) is 20.8. The fourth-order valence-electron chi connectivity index (χ4n) is 3.40. The number of fused-ring (bicyclic) bond motifs is 2. The summed E-state index contributed by atoms with van der Waals surface area (Å²) in [6, 6.07) is 9.22. The van der Waals surface area contributed by atoms with Gasteiger partial charge in [0, 0.05) is 21.5 Å². The van der Waals surface area contributed by atoms with E-state index in [9.17, 15) is 9.59 Å². The summed E-state index contributed by atoms with van der Waals surface area (Å²) in [7, 11) is 0. The number of amides is 1. The number of aromatic amines is 1. The zero-order valence-corrected chi connectivity index (χ0v) is 17.8. The standard InChI is InChI=1S/C21H18N4O3S2/c1-10(22-12-5-6-15-14(8-12)23-19(26)11(2)28-15)18-24-20(27)17-13(9-30-21(17)25-18)16-4-3-7-29-16/h3-11,22H,1-2H3,(H,23,26)(H,24,25,27)/t10-,11-/m1/s1. The smallest absolute Gasteiger partial charge is 0.265 e. The minimum absolute atomic E-state index is 0.145. The summed E-state index contributed by atoms with van der Waals surface area (Å²) in [5, 5.41) is 10.8. The van der Waals surface area contributed by atoms with Crippen LogP contribution in [-0.4, -0.2) is 22.0 Å². The fraction of sp³-hybridized carbons (Fsp3) is 0.190. The molecule has 0 unspecified atom stereocenters. The first kappa shape index (κ1) is 18.8. The number of carbonyl (C=O) groups excluding carboxylic acids is 1. The van der Waals surface area contributed by atoms with E-state index in [1.165, 1.54) is 11.3 Å². The van der Waals surface area contributed by atoms with E-state index in [0.717, 1.165) is 16.1 Å². The molecule has 0 spiro atoms. The van der Waals surface area contributed by atoms with Crippen molar-refractivity contribution in [1.82, 2.24) is 9.97 Å². The molecule has 0 aliphatic carbocycles. The molecule has 1 aromatic carbocycles. The number of hydrogen-bond acceptors (Lipinski definition) is 7. The Morgan fingerprint density at radius 2 is 2.10 bits per heavy atom. The third kappa shape index (κ3) is 3.25. The summed E-state index contributed by atoms with van der Waals surface area (Å²) >= 11 is 3.07. The fourth-order valence-corrected chi connectivity index (χ4v) is 5.17. The highest BCUT2D eigenvalue weighted by Gasteiger charge is 2.24. The predicted octanol–water partition coefficient (Wildman–Crippen LogP) is 4.61. The van der Waals surface area contributed by atoms with E-state index in [0.29, 0.717) is 27.5 Å². The number of H-pyrrole nitrogens is 1. The Morgan fingerprint density at radius 1 is 1.23 bits per heavy atom. The number of nitrogens with zero attached hydrogens (tertiary/aromatic N) is 1. The van der Waals surface area contributed by atoms with Gasteiger partial charge in [0.25, 0.3) is 11.5 Å². The molecule has 4 aromatic rings. The van der Waals surface area contributed by atoms with Crippen molar-refractivity contribution >= 4 is 50.2 Å². The van der Waals surface area contributed by atoms with Gasteiger partial charge in [-0.25, -0.2) is 4.98 Å². The molecule has 9 heteroatoms. The molecule has 2 atom stereocenters. The van der Waals surface area contributed by atoms with Crippen LogP contribution in [0, 0.1) is 0 Å². The molecule has 0 saturated carbocycles. The Labute approximate surface area is 179 Å². The molecule has 1 aliphatic heterocycles. The lowest BCUT2D eigenvalue weighted by molar-refractivity contribution is -0.122. The minimum Gasteiger partial charge on any atom is -0.479 e. The lowest BCUT2D eigenvalue weighted by atomic mass is 10.2. The van der Waals surface area contributed by atoms with Crippen LogP contribution in [0.2, 0.25) is 0 Å². The van der Waals surface area contributed by atoms with Gasteiger partial charge in [-0.2, -0.15) is 0 Å². The number of anilines is 2. The maximum Gasteiger partial charge on any atom is 0.265 e. The number of ether oxygens (including phenoxy) is 1. The van der Waals surface area contributed by atoms with Gasteiger partial charge in [0.05, 0.1) is 17.1 Å². The summed E-state index contributed by atoms with van der Waals surface area (Å²) in [6.45, 7) is 3.63. The Morgan fingerprint density at radius 3 is 2.90 bits per heavy atom. The van der Waals surface area contributed by atoms with Gasteiger partial charge < -0.3 is 20.4 Å². The Bertz CT molecular complexity index is 1310.